The van der Waals surface area contributed by atoms with Crippen molar-refractivity contribution in [2.24, 2.45) is 5.92 Å². The Morgan fingerprint density at radius 1 is 1.24 bits per heavy atom. The van der Waals surface area contributed by atoms with Gasteiger partial charge < -0.3 is 24.4 Å². The number of likely N-dealkylation sites (N-methyl/N-ethyl adjacent to an activating group) is 1. The first-order valence-electron chi connectivity index (χ1n) is 14.8. The second-order valence-corrected chi connectivity index (χ2v) is 14.3. The predicted molar refractivity (Wildman–Crippen MR) is 165 cm³/mol. The van der Waals surface area contributed by atoms with E-state index in [1.807, 2.05) is 6.92 Å². The largest absolute Gasteiger partial charge is 0.490 e. The first-order chi connectivity index (χ1) is 21.1. The summed E-state index contributed by atoms with van der Waals surface area (Å²) in [5.74, 6) is -1.34. The van der Waals surface area contributed by atoms with E-state index in [-0.39, 0.29) is 47.0 Å². The van der Waals surface area contributed by atoms with Crippen molar-refractivity contribution >= 4 is 38.9 Å². The standard InChI is InChI=1S/C30H42F3N3O7S2/c1-20-17-36(21(2)19-37)29(39)24-16-23(34-45(40,41)28-9-7-15-44-28)10-11-25(24)43-22(3)8-5-6-14-42-26(20)18-35(4)27(38)12-13-30(31,32)33/h7,9-11,15-16,20-22,26,34,37H,5-6,8,12-14,17-19H2,1-4H3/t20-,21-,22+,26-/m0/s1. The van der Waals surface area contributed by atoms with Crippen LogP contribution < -0.4 is 9.46 Å². The number of carbonyl (C=O) groups excluding carboxylic acids is 2. The molecule has 1 aromatic heterocycles. The van der Waals surface area contributed by atoms with Crippen LogP contribution in [-0.2, 0) is 19.6 Å². The Hall–Kier alpha value is -2.88. The topological polar surface area (TPSA) is 125 Å². The zero-order valence-corrected chi connectivity index (χ0v) is 27.5. The van der Waals surface area contributed by atoms with Crippen molar-refractivity contribution in [3.05, 3.63) is 41.3 Å². The first kappa shape index (κ1) is 36.6. The van der Waals surface area contributed by atoms with Crippen LogP contribution in [0.2, 0.25) is 0 Å². The minimum Gasteiger partial charge on any atom is -0.490 e. The van der Waals surface area contributed by atoms with E-state index in [1.54, 1.807) is 31.4 Å². The van der Waals surface area contributed by atoms with Crippen molar-refractivity contribution in [1.29, 1.82) is 0 Å². The molecule has 252 valence electrons. The van der Waals surface area contributed by atoms with Crippen LogP contribution in [0.25, 0.3) is 0 Å². The summed E-state index contributed by atoms with van der Waals surface area (Å²) in [5, 5.41) is 11.7. The number of halogens is 3. The van der Waals surface area contributed by atoms with Crippen molar-refractivity contribution < 1.29 is 45.8 Å². The molecule has 2 N–H and O–H groups in total. The Morgan fingerprint density at radius 2 is 1.98 bits per heavy atom. The summed E-state index contributed by atoms with van der Waals surface area (Å²) in [5.41, 5.74) is 0.243. The number of aliphatic hydroxyl groups is 1. The predicted octanol–water partition coefficient (Wildman–Crippen LogP) is 5.15. The highest BCUT2D eigenvalue weighted by molar-refractivity contribution is 7.94. The number of aliphatic hydroxyl groups excluding tert-OH is 1. The molecule has 0 saturated carbocycles. The van der Waals surface area contributed by atoms with Gasteiger partial charge in [-0.1, -0.05) is 13.0 Å². The molecule has 0 saturated heterocycles. The molecule has 0 unspecified atom stereocenters. The highest BCUT2D eigenvalue weighted by atomic mass is 32.2. The van der Waals surface area contributed by atoms with Crippen LogP contribution in [0.15, 0.2) is 39.9 Å². The lowest BCUT2D eigenvalue weighted by Crippen LogP contribution is -2.48. The molecule has 1 aromatic carbocycles. The Balaban J connectivity index is 1.94. The van der Waals surface area contributed by atoms with Gasteiger partial charge in [-0.2, -0.15) is 13.2 Å². The number of benzene rings is 1. The van der Waals surface area contributed by atoms with Crippen LogP contribution in [0.4, 0.5) is 18.9 Å². The third kappa shape index (κ3) is 10.9. The number of hydrogen-bond donors (Lipinski definition) is 2. The molecule has 1 aliphatic rings. The van der Waals surface area contributed by atoms with Gasteiger partial charge >= 0.3 is 6.18 Å². The number of nitrogens with zero attached hydrogens (tertiary/aromatic N) is 2. The van der Waals surface area contributed by atoms with Gasteiger partial charge in [0.25, 0.3) is 15.9 Å². The van der Waals surface area contributed by atoms with Gasteiger partial charge in [-0.3, -0.25) is 14.3 Å². The molecule has 2 amide bonds. The van der Waals surface area contributed by atoms with E-state index in [0.717, 1.165) is 17.8 Å². The third-order valence-electron chi connectivity index (χ3n) is 7.57. The minimum atomic E-state index is -4.45. The number of alkyl halides is 3. The number of thiophene rings is 1. The van der Waals surface area contributed by atoms with Crippen LogP contribution >= 0.6 is 11.3 Å². The maximum atomic E-state index is 14.2. The number of hydrogen-bond acceptors (Lipinski definition) is 8. The van der Waals surface area contributed by atoms with E-state index in [1.165, 1.54) is 35.0 Å². The van der Waals surface area contributed by atoms with Gasteiger partial charge in [0.2, 0.25) is 5.91 Å². The van der Waals surface area contributed by atoms with Crippen LogP contribution in [0, 0.1) is 5.92 Å². The smallest absolute Gasteiger partial charge is 0.389 e. The third-order valence-corrected chi connectivity index (χ3v) is 10.3. The zero-order chi connectivity index (χ0) is 33.4. The quantitative estimate of drug-likeness (QED) is 0.377. The Kier molecular flexibility index (Phi) is 13.1. The summed E-state index contributed by atoms with van der Waals surface area (Å²) < 4.78 is 78.9. The second kappa shape index (κ2) is 16.1. The molecule has 10 nitrogen and oxygen atoms in total. The number of amides is 2. The lowest BCUT2D eigenvalue weighted by atomic mass is 10.0. The number of carbonyl (C=O) groups is 2. The average Bonchev–Trinajstić information content (AvgIpc) is 3.53. The van der Waals surface area contributed by atoms with Crippen molar-refractivity contribution in [3.63, 3.8) is 0 Å². The lowest BCUT2D eigenvalue weighted by Gasteiger charge is -2.36. The highest BCUT2D eigenvalue weighted by Gasteiger charge is 2.32. The monoisotopic (exact) mass is 677 g/mol. The van der Waals surface area contributed by atoms with E-state index < -0.39 is 58.9 Å². The summed E-state index contributed by atoms with van der Waals surface area (Å²) in [4.78, 5) is 29.3. The van der Waals surface area contributed by atoms with Gasteiger partial charge in [-0.05, 0) is 62.8 Å². The molecule has 4 atom stereocenters. The molecular weight excluding hydrogens is 635 g/mol. The zero-order valence-electron chi connectivity index (χ0n) is 25.9. The van der Waals surface area contributed by atoms with Gasteiger partial charge in [0, 0.05) is 44.8 Å². The SMILES string of the molecule is C[C@@H]1CCCCO[C@@H](CN(C)C(=O)CCC(F)(F)F)[C@@H](C)CN([C@@H](C)CO)C(=O)c2cc(NS(=O)(=O)c3cccs3)ccc2O1. The van der Waals surface area contributed by atoms with Gasteiger partial charge in [-0.15, -0.1) is 11.3 Å². The van der Waals surface area contributed by atoms with Crippen molar-refractivity contribution in [3.8, 4) is 5.75 Å². The lowest BCUT2D eigenvalue weighted by molar-refractivity contribution is -0.149. The van der Waals surface area contributed by atoms with Crippen molar-refractivity contribution in [2.45, 2.75) is 81.5 Å². The number of ether oxygens (including phenoxy) is 2. The number of nitrogens with one attached hydrogen (secondary N) is 1. The fourth-order valence-corrected chi connectivity index (χ4v) is 6.92. The van der Waals surface area contributed by atoms with E-state index in [9.17, 15) is 36.3 Å². The fourth-order valence-electron chi connectivity index (χ4n) is 4.88. The first-order valence-corrected chi connectivity index (χ1v) is 17.2. The molecule has 45 heavy (non-hydrogen) atoms. The van der Waals surface area contributed by atoms with Crippen molar-refractivity contribution in [2.75, 3.05) is 38.1 Å². The Labute approximate surface area is 266 Å². The Bertz CT molecular complexity index is 1370. The molecule has 1 aliphatic heterocycles. The molecule has 0 fully saturated rings. The van der Waals surface area contributed by atoms with Gasteiger partial charge in [0.05, 0.1) is 36.8 Å². The van der Waals surface area contributed by atoms with E-state index in [4.69, 9.17) is 9.47 Å². The normalized spacial score (nSPS) is 21.3. The van der Waals surface area contributed by atoms with E-state index in [0.29, 0.717) is 19.4 Å². The summed E-state index contributed by atoms with van der Waals surface area (Å²) in [6.07, 6.45) is -5.27. The molecule has 0 aliphatic carbocycles. The van der Waals surface area contributed by atoms with E-state index in [2.05, 4.69) is 4.72 Å². The maximum absolute atomic E-state index is 14.2. The summed E-state index contributed by atoms with van der Waals surface area (Å²) in [6.45, 7) is 5.35. The van der Waals surface area contributed by atoms with Crippen LogP contribution in [0.3, 0.4) is 0 Å². The minimum absolute atomic E-state index is 0.0120. The second-order valence-electron chi connectivity index (χ2n) is 11.4. The molecule has 0 bridgehead atoms. The van der Waals surface area contributed by atoms with Crippen LogP contribution in [0.1, 0.15) is 63.2 Å². The fraction of sp³-hybridized carbons (Fsp3) is 0.600. The molecule has 0 spiro atoms. The molecule has 2 aromatic rings. The van der Waals surface area contributed by atoms with Crippen LogP contribution in [0.5, 0.6) is 5.75 Å². The van der Waals surface area contributed by atoms with E-state index >= 15 is 0 Å². The Morgan fingerprint density at radius 3 is 2.62 bits per heavy atom. The number of fused-ring (bicyclic) bond motifs is 1. The molecule has 2 heterocycles. The van der Waals surface area contributed by atoms with Gasteiger partial charge in [0.1, 0.15) is 9.96 Å². The van der Waals surface area contributed by atoms with Crippen LogP contribution in [-0.4, -0.2) is 92.9 Å². The molecule has 15 heteroatoms. The molecule has 3 rings (SSSR count). The summed E-state index contributed by atoms with van der Waals surface area (Å²) in [6, 6.07) is 6.88. The summed E-state index contributed by atoms with van der Waals surface area (Å²) in [7, 11) is -2.48. The maximum Gasteiger partial charge on any atom is 0.389 e. The molecule has 0 radical (unpaired) electrons. The summed E-state index contributed by atoms with van der Waals surface area (Å²) >= 11 is 1.05. The highest BCUT2D eigenvalue weighted by Crippen LogP contribution is 2.30. The average molecular weight is 678 g/mol. The van der Waals surface area contributed by atoms with Crippen molar-refractivity contribution in [1.82, 2.24) is 9.80 Å². The number of anilines is 1. The van der Waals surface area contributed by atoms with Gasteiger partial charge in [0.15, 0.2) is 0 Å². The number of rotatable bonds is 9. The van der Waals surface area contributed by atoms with Gasteiger partial charge in [-0.25, -0.2) is 8.42 Å². The number of sulfonamides is 1. The molecular formula is C30H42F3N3O7S2.